The Kier molecular flexibility index (Phi) is 3.90. The second-order valence-electron chi connectivity index (χ2n) is 5.98. The average Bonchev–Trinajstić information content (AvgIpc) is 3.34. The second-order valence-corrected chi connectivity index (χ2v) is 7.67. The van der Waals surface area contributed by atoms with Gasteiger partial charge in [0.2, 0.25) is 0 Å². The number of sulfonamides is 1. The van der Waals surface area contributed by atoms with Crippen LogP contribution in [0.3, 0.4) is 0 Å². The van der Waals surface area contributed by atoms with Crippen molar-refractivity contribution < 1.29 is 8.42 Å². The monoisotopic (exact) mass is 378 g/mol. The lowest BCUT2D eigenvalue weighted by Gasteiger charge is -2.11. The van der Waals surface area contributed by atoms with Crippen LogP contribution in [0.4, 0.5) is 5.69 Å². The first-order valence-corrected chi connectivity index (χ1v) is 9.48. The van der Waals surface area contributed by atoms with Gasteiger partial charge in [-0.25, -0.2) is 8.42 Å². The summed E-state index contributed by atoms with van der Waals surface area (Å²) in [6.07, 6.45) is 3.09. The van der Waals surface area contributed by atoms with Crippen molar-refractivity contribution >= 4 is 26.6 Å². The fourth-order valence-electron chi connectivity index (χ4n) is 2.96. The van der Waals surface area contributed by atoms with Gasteiger partial charge in [0.15, 0.2) is 0 Å². The van der Waals surface area contributed by atoms with Crippen molar-refractivity contribution in [3.63, 3.8) is 0 Å². The van der Waals surface area contributed by atoms with Crippen LogP contribution in [0.15, 0.2) is 53.7 Å². The Morgan fingerprint density at radius 1 is 1.22 bits per heavy atom. The van der Waals surface area contributed by atoms with E-state index in [1.807, 2.05) is 6.92 Å². The SMILES string of the molecule is Cc1ccc(NS(=O)(=O)c2cccc(-c3cn[nH]n3)c2)c2[nH]cc(C#N)c12. The van der Waals surface area contributed by atoms with Crippen LogP contribution in [0.5, 0.6) is 0 Å². The first-order valence-electron chi connectivity index (χ1n) is 7.99. The van der Waals surface area contributed by atoms with E-state index in [9.17, 15) is 13.7 Å². The molecule has 0 spiro atoms. The number of nitrogens with one attached hydrogen (secondary N) is 3. The van der Waals surface area contributed by atoms with Crippen molar-refractivity contribution in [1.82, 2.24) is 20.4 Å². The van der Waals surface area contributed by atoms with Crippen molar-refractivity contribution in [3.05, 3.63) is 59.9 Å². The molecule has 27 heavy (non-hydrogen) atoms. The molecule has 0 unspecified atom stereocenters. The Morgan fingerprint density at radius 2 is 2.07 bits per heavy atom. The lowest BCUT2D eigenvalue weighted by molar-refractivity contribution is 0.601. The number of nitriles is 1. The Labute approximate surface area is 154 Å². The van der Waals surface area contributed by atoms with Crippen LogP contribution >= 0.6 is 0 Å². The molecular formula is C18H14N6O2S. The van der Waals surface area contributed by atoms with Crippen LogP contribution in [0.25, 0.3) is 22.2 Å². The highest BCUT2D eigenvalue weighted by Gasteiger charge is 2.18. The summed E-state index contributed by atoms with van der Waals surface area (Å²) in [6.45, 7) is 1.87. The van der Waals surface area contributed by atoms with Crippen LogP contribution in [-0.2, 0) is 10.0 Å². The van der Waals surface area contributed by atoms with Crippen LogP contribution in [0, 0.1) is 18.3 Å². The number of rotatable bonds is 4. The zero-order valence-electron chi connectivity index (χ0n) is 14.2. The first-order chi connectivity index (χ1) is 13.0. The number of aromatic amines is 2. The largest absolute Gasteiger partial charge is 0.358 e. The number of aryl methyl sites for hydroxylation is 1. The molecule has 0 aliphatic rings. The standard InChI is InChI=1S/C18H14N6O2S/c1-11-5-6-15(18-17(11)13(8-19)9-20-18)23-27(25,26)14-4-2-3-12(7-14)16-10-21-24-22-16/h2-7,9-10,20,23H,1H3,(H,21,22,24). The molecule has 0 radical (unpaired) electrons. The molecule has 0 bridgehead atoms. The number of nitrogens with zero attached hydrogens (tertiary/aromatic N) is 3. The number of fused-ring (bicyclic) bond motifs is 1. The minimum atomic E-state index is -3.84. The van der Waals surface area contributed by atoms with Crippen LogP contribution < -0.4 is 4.72 Å². The van der Waals surface area contributed by atoms with Crippen LogP contribution in [0.2, 0.25) is 0 Å². The summed E-state index contributed by atoms with van der Waals surface area (Å²) in [7, 11) is -3.84. The van der Waals surface area contributed by atoms with Crippen LogP contribution in [0.1, 0.15) is 11.1 Å². The van der Waals surface area contributed by atoms with Crippen molar-refractivity contribution in [2.75, 3.05) is 4.72 Å². The first kappa shape index (κ1) is 16.8. The number of hydrogen-bond acceptors (Lipinski definition) is 5. The van der Waals surface area contributed by atoms with Crippen molar-refractivity contribution in [2.24, 2.45) is 0 Å². The molecule has 3 N–H and O–H groups in total. The topological polar surface area (TPSA) is 127 Å². The highest BCUT2D eigenvalue weighted by molar-refractivity contribution is 7.92. The Hall–Kier alpha value is -3.64. The molecule has 4 aromatic rings. The third-order valence-electron chi connectivity index (χ3n) is 4.26. The lowest BCUT2D eigenvalue weighted by atomic mass is 10.1. The van der Waals surface area contributed by atoms with E-state index >= 15 is 0 Å². The van der Waals surface area contributed by atoms with Gasteiger partial charge in [-0.15, -0.1) is 0 Å². The molecule has 2 aromatic carbocycles. The maximum atomic E-state index is 12.9. The molecular weight excluding hydrogens is 364 g/mol. The summed E-state index contributed by atoms with van der Waals surface area (Å²) in [5.74, 6) is 0. The van der Waals surface area contributed by atoms with E-state index in [1.54, 1.807) is 30.5 Å². The number of aromatic nitrogens is 4. The molecule has 0 saturated heterocycles. The summed E-state index contributed by atoms with van der Waals surface area (Å²) in [6, 6.07) is 12.0. The highest BCUT2D eigenvalue weighted by atomic mass is 32.2. The maximum absolute atomic E-state index is 12.9. The Morgan fingerprint density at radius 3 is 2.81 bits per heavy atom. The van der Waals surface area contributed by atoms with Crippen molar-refractivity contribution in [2.45, 2.75) is 11.8 Å². The molecule has 4 rings (SSSR count). The van der Waals surface area contributed by atoms with E-state index < -0.39 is 10.0 Å². The number of benzene rings is 2. The number of hydrogen-bond donors (Lipinski definition) is 3. The zero-order chi connectivity index (χ0) is 19.0. The van der Waals surface area contributed by atoms with Crippen molar-refractivity contribution in [3.8, 4) is 17.3 Å². The minimum Gasteiger partial charge on any atom is -0.358 e. The van der Waals surface area contributed by atoms with E-state index in [0.29, 0.717) is 33.4 Å². The average molecular weight is 378 g/mol. The molecule has 9 heteroatoms. The van der Waals surface area contributed by atoms with E-state index in [0.717, 1.165) is 5.56 Å². The van der Waals surface area contributed by atoms with E-state index in [-0.39, 0.29) is 4.90 Å². The third-order valence-corrected chi connectivity index (χ3v) is 5.63. The second kappa shape index (κ2) is 6.26. The van der Waals surface area contributed by atoms with Gasteiger partial charge in [-0.3, -0.25) is 4.72 Å². The fraction of sp³-hybridized carbons (Fsp3) is 0.0556. The number of H-pyrrole nitrogens is 2. The molecule has 0 atom stereocenters. The van der Waals surface area contributed by atoms with Gasteiger partial charge < -0.3 is 4.98 Å². The third kappa shape index (κ3) is 2.92. The predicted octanol–water partition coefficient (Wildman–Crippen LogP) is 2.93. The molecule has 0 aliphatic carbocycles. The molecule has 2 aromatic heterocycles. The lowest BCUT2D eigenvalue weighted by Crippen LogP contribution is -2.13. The summed E-state index contributed by atoms with van der Waals surface area (Å²) >= 11 is 0. The molecule has 2 heterocycles. The number of anilines is 1. The van der Waals surface area contributed by atoms with Gasteiger partial charge in [0.25, 0.3) is 10.0 Å². The van der Waals surface area contributed by atoms with E-state index in [4.69, 9.17) is 0 Å². The maximum Gasteiger partial charge on any atom is 0.261 e. The smallest absolute Gasteiger partial charge is 0.261 e. The van der Waals surface area contributed by atoms with E-state index in [2.05, 4.69) is 31.2 Å². The molecule has 0 saturated carbocycles. The predicted molar refractivity (Wildman–Crippen MR) is 100 cm³/mol. The fourth-order valence-corrected chi connectivity index (χ4v) is 4.08. The highest BCUT2D eigenvalue weighted by Crippen LogP contribution is 2.30. The Bertz CT molecular complexity index is 1280. The summed E-state index contributed by atoms with van der Waals surface area (Å²) < 4.78 is 28.4. The normalized spacial score (nSPS) is 11.4. The minimum absolute atomic E-state index is 0.101. The van der Waals surface area contributed by atoms with E-state index in [1.165, 1.54) is 18.3 Å². The van der Waals surface area contributed by atoms with Gasteiger partial charge in [0.1, 0.15) is 11.8 Å². The van der Waals surface area contributed by atoms with Gasteiger partial charge in [-0.1, -0.05) is 18.2 Å². The summed E-state index contributed by atoms with van der Waals surface area (Å²) in [5, 5.41) is 20.2. The van der Waals surface area contributed by atoms with Crippen molar-refractivity contribution in [1.29, 1.82) is 5.26 Å². The van der Waals surface area contributed by atoms with Gasteiger partial charge in [0.05, 0.1) is 27.9 Å². The summed E-state index contributed by atoms with van der Waals surface area (Å²) in [5.41, 5.74) is 3.49. The quantitative estimate of drug-likeness (QED) is 0.503. The van der Waals surface area contributed by atoms with Gasteiger partial charge in [0, 0.05) is 17.1 Å². The van der Waals surface area contributed by atoms with Crippen LogP contribution in [-0.4, -0.2) is 28.8 Å². The Balaban J connectivity index is 1.76. The molecule has 0 aliphatic heterocycles. The van der Waals surface area contributed by atoms with Gasteiger partial charge in [-0.05, 0) is 30.7 Å². The zero-order valence-corrected chi connectivity index (χ0v) is 15.0. The van der Waals surface area contributed by atoms with Gasteiger partial charge >= 0.3 is 0 Å². The summed E-state index contributed by atoms with van der Waals surface area (Å²) in [4.78, 5) is 3.09. The van der Waals surface area contributed by atoms with Gasteiger partial charge in [-0.2, -0.15) is 20.7 Å². The molecule has 8 nitrogen and oxygen atoms in total. The molecule has 134 valence electrons. The molecule has 0 amide bonds. The molecule has 0 fully saturated rings.